The number of allylic oxidation sites excluding steroid dienone is 1. The number of esters is 1. The number of rotatable bonds is 10. The third-order valence-corrected chi connectivity index (χ3v) is 7.24. The first kappa shape index (κ1) is 27.8. The summed E-state index contributed by atoms with van der Waals surface area (Å²) in [5.41, 5.74) is -2.09. The molecule has 2 amide bonds. The van der Waals surface area contributed by atoms with E-state index in [4.69, 9.17) is 18.5 Å². The van der Waals surface area contributed by atoms with Gasteiger partial charge in [0.15, 0.2) is 11.9 Å². The molecule has 0 bridgehead atoms. The molecule has 198 valence electrons. The lowest BCUT2D eigenvalue weighted by Gasteiger charge is -2.33. The summed E-state index contributed by atoms with van der Waals surface area (Å²) in [4.78, 5) is 25.5. The molecule has 6 atom stereocenters. The number of benzene rings is 1. The molecule has 1 unspecified atom stereocenters. The number of methoxy groups -OCH3 is 1. The van der Waals surface area contributed by atoms with Crippen molar-refractivity contribution in [1.82, 2.24) is 15.3 Å². The minimum atomic E-state index is -4.29. The van der Waals surface area contributed by atoms with E-state index in [-0.39, 0.29) is 11.7 Å². The Labute approximate surface area is 208 Å². The molecule has 1 fully saturated rings. The Morgan fingerprint density at radius 2 is 2.06 bits per heavy atom. The smallest absolute Gasteiger partial charge is 0.459 e. The van der Waals surface area contributed by atoms with E-state index in [1.54, 1.807) is 32.0 Å². The highest BCUT2D eigenvalue weighted by Gasteiger charge is 2.57. The molecule has 36 heavy (non-hydrogen) atoms. The van der Waals surface area contributed by atoms with Crippen LogP contribution in [0.5, 0.6) is 5.75 Å². The summed E-state index contributed by atoms with van der Waals surface area (Å²) in [6, 6.07) is 6.33. The van der Waals surface area contributed by atoms with Crippen molar-refractivity contribution in [2.75, 3.05) is 13.7 Å². The Bertz CT molecular complexity index is 1050. The molecule has 11 nitrogen and oxygen atoms in total. The number of carbonyl (C=O) groups excluding carboxylic acids is 2. The summed E-state index contributed by atoms with van der Waals surface area (Å²) in [5, 5.41) is 15.7. The Morgan fingerprint density at radius 1 is 1.39 bits per heavy atom. The number of carbonyl (C=O) groups is 2. The molecule has 0 saturated carbocycles. The van der Waals surface area contributed by atoms with Crippen molar-refractivity contribution >= 4 is 19.7 Å². The fourth-order valence-corrected chi connectivity index (χ4v) is 5.34. The number of aliphatic hydroxyl groups is 1. The Hall–Kier alpha value is -2.76. The SMILES string of the molecule is C=C1C=CN([C@@H]2O[C@H](COP(=O)(N[C@H](C(=O)OC)C(C)C)Oc3ccccc3)[C@@H](O)[C@@]2(C)F)C(=O)N1. The van der Waals surface area contributed by atoms with E-state index in [0.717, 1.165) is 11.8 Å². The molecule has 1 aromatic rings. The van der Waals surface area contributed by atoms with Gasteiger partial charge in [-0.1, -0.05) is 38.6 Å². The Morgan fingerprint density at radius 3 is 2.64 bits per heavy atom. The van der Waals surface area contributed by atoms with Crippen molar-refractivity contribution < 1.29 is 42.2 Å². The fourth-order valence-electron chi connectivity index (χ4n) is 3.67. The summed E-state index contributed by atoms with van der Waals surface area (Å²) in [5.74, 6) is -0.875. The number of halogens is 1. The van der Waals surface area contributed by atoms with Gasteiger partial charge in [-0.25, -0.2) is 13.8 Å². The van der Waals surface area contributed by atoms with Gasteiger partial charge in [0.05, 0.1) is 13.7 Å². The van der Waals surface area contributed by atoms with Crippen LogP contribution in [0.1, 0.15) is 20.8 Å². The molecule has 0 aromatic heterocycles. The number of nitrogens with one attached hydrogen (secondary N) is 2. The molecule has 1 saturated heterocycles. The van der Waals surface area contributed by atoms with Crippen LogP contribution in [-0.2, 0) is 23.4 Å². The van der Waals surface area contributed by atoms with E-state index in [0.29, 0.717) is 5.70 Å². The molecule has 2 aliphatic heterocycles. The van der Waals surface area contributed by atoms with Gasteiger partial charge < -0.3 is 24.4 Å². The number of hydrogen-bond acceptors (Lipinski definition) is 8. The zero-order valence-corrected chi connectivity index (χ0v) is 21.3. The topological polar surface area (TPSA) is 136 Å². The normalized spacial score (nSPS) is 28.5. The molecule has 0 radical (unpaired) electrons. The van der Waals surface area contributed by atoms with Crippen molar-refractivity contribution in [1.29, 1.82) is 0 Å². The van der Waals surface area contributed by atoms with Crippen molar-refractivity contribution in [3.63, 3.8) is 0 Å². The highest BCUT2D eigenvalue weighted by Crippen LogP contribution is 2.47. The van der Waals surface area contributed by atoms with Gasteiger partial charge in [0.2, 0.25) is 0 Å². The van der Waals surface area contributed by atoms with Crippen LogP contribution in [0.25, 0.3) is 0 Å². The van der Waals surface area contributed by atoms with Crippen molar-refractivity contribution in [3.05, 3.63) is 54.9 Å². The van der Waals surface area contributed by atoms with Crippen LogP contribution in [-0.4, -0.2) is 65.9 Å². The number of ether oxygens (including phenoxy) is 2. The summed E-state index contributed by atoms with van der Waals surface area (Å²) in [6.45, 7) is 7.50. The van der Waals surface area contributed by atoms with E-state index in [2.05, 4.69) is 17.0 Å². The number of nitrogens with zero attached hydrogens (tertiary/aromatic N) is 1. The minimum Gasteiger partial charge on any atom is -0.468 e. The van der Waals surface area contributed by atoms with Crippen LogP contribution in [0.15, 0.2) is 54.9 Å². The summed E-state index contributed by atoms with van der Waals surface area (Å²) < 4.78 is 50.8. The number of para-hydroxylation sites is 1. The average molecular weight is 527 g/mol. The van der Waals surface area contributed by atoms with E-state index >= 15 is 4.39 Å². The third-order valence-electron chi connectivity index (χ3n) is 5.70. The van der Waals surface area contributed by atoms with Crippen molar-refractivity contribution in [3.8, 4) is 5.75 Å². The molecule has 13 heteroatoms. The largest absolute Gasteiger partial charge is 0.468 e. The zero-order chi connectivity index (χ0) is 26.7. The molecule has 3 N–H and O–H groups in total. The van der Waals surface area contributed by atoms with Crippen molar-refractivity contribution in [2.24, 2.45) is 5.92 Å². The highest BCUT2D eigenvalue weighted by atomic mass is 31.2. The van der Waals surface area contributed by atoms with Crippen LogP contribution >= 0.6 is 7.75 Å². The maximum atomic E-state index is 15.5. The number of aliphatic hydroxyl groups excluding tert-OH is 1. The molecular weight excluding hydrogens is 496 g/mol. The molecule has 0 spiro atoms. The predicted octanol–water partition coefficient (Wildman–Crippen LogP) is 2.84. The van der Waals surface area contributed by atoms with Crippen molar-refractivity contribution in [2.45, 2.75) is 50.9 Å². The first-order valence-corrected chi connectivity index (χ1v) is 12.8. The standard InChI is InChI=1S/C23H31FN3O8P/c1-14(2)18(20(29)32-5)26-36(31,35-16-9-7-6-8-10-16)33-13-17-19(28)23(4,24)21(34-17)27-12-11-15(3)25-22(27)30/h6-12,14,17-19,21,28H,3,13H2,1-2,4-5H3,(H,25,30)(H,26,31)/t17-,18+,19-,21-,23-,36?/m1/s1. The second kappa shape index (κ2) is 11.1. The van der Waals surface area contributed by atoms with Gasteiger partial charge in [0.25, 0.3) is 0 Å². The first-order chi connectivity index (χ1) is 16.9. The van der Waals surface area contributed by atoms with Gasteiger partial charge in [-0.2, -0.15) is 5.09 Å². The van der Waals surface area contributed by atoms with E-state index in [1.165, 1.54) is 31.5 Å². The van der Waals surface area contributed by atoms with Crippen LogP contribution in [0.3, 0.4) is 0 Å². The van der Waals surface area contributed by atoms with Crippen LogP contribution in [0, 0.1) is 5.92 Å². The van der Waals surface area contributed by atoms with E-state index in [9.17, 15) is 19.3 Å². The summed E-state index contributed by atoms with van der Waals surface area (Å²) >= 11 is 0. The van der Waals surface area contributed by atoms with Gasteiger partial charge in [0, 0.05) is 11.9 Å². The summed E-state index contributed by atoms with van der Waals surface area (Å²) in [7, 11) is -3.11. The van der Waals surface area contributed by atoms with Gasteiger partial charge in [0.1, 0.15) is 24.0 Å². The second-order valence-corrected chi connectivity index (χ2v) is 10.6. The van der Waals surface area contributed by atoms with Crippen LogP contribution in [0.2, 0.25) is 0 Å². The number of urea groups is 1. The molecule has 2 heterocycles. The van der Waals surface area contributed by atoms with Gasteiger partial charge in [-0.15, -0.1) is 0 Å². The lowest BCUT2D eigenvalue weighted by molar-refractivity contribution is -0.143. The lowest BCUT2D eigenvalue weighted by Crippen LogP contribution is -2.53. The third kappa shape index (κ3) is 6.13. The number of alkyl halides is 1. The monoisotopic (exact) mass is 527 g/mol. The lowest BCUT2D eigenvalue weighted by atomic mass is 9.98. The van der Waals surface area contributed by atoms with E-state index < -0.39 is 56.5 Å². The molecule has 2 aliphatic rings. The maximum absolute atomic E-state index is 15.5. The highest BCUT2D eigenvalue weighted by molar-refractivity contribution is 7.52. The quantitative estimate of drug-likeness (QED) is 0.310. The second-order valence-electron chi connectivity index (χ2n) is 8.87. The van der Waals surface area contributed by atoms with Gasteiger partial charge in [-0.3, -0.25) is 14.2 Å². The average Bonchev–Trinajstić information content (AvgIpc) is 3.05. The molecule has 3 rings (SSSR count). The predicted molar refractivity (Wildman–Crippen MR) is 127 cm³/mol. The molecular formula is C23H31FN3O8P. The first-order valence-electron chi connectivity index (χ1n) is 11.2. The Balaban J connectivity index is 1.81. The summed E-state index contributed by atoms with van der Waals surface area (Å²) in [6.07, 6.45) is -1.86. The van der Waals surface area contributed by atoms with Gasteiger partial charge in [-0.05, 0) is 31.1 Å². The zero-order valence-electron chi connectivity index (χ0n) is 20.4. The van der Waals surface area contributed by atoms with Crippen LogP contribution in [0.4, 0.5) is 9.18 Å². The maximum Gasteiger partial charge on any atom is 0.459 e. The molecule has 0 aliphatic carbocycles. The molecule has 1 aromatic carbocycles. The van der Waals surface area contributed by atoms with Gasteiger partial charge >= 0.3 is 19.7 Å². The van der Waals surface area contributed by atoms with Crippen LogP contribution < -0.4 is 14.9 Å². The number of amides is 2. The number of hydrogen-bond donors (Lipinski definition) is 3. The minimum absolute atomic E-state index is 0.178. The Kier molecular flexibility index (Phi) is 8.58. The fraction of sp³-hybridized carbons (Fsp3) is 0.478. The van der Waals surface area contributed by atoms with E-state index in [1.807, 2.05) is 0 Å².